The molecule has 0 spiro atoms. The molecule has 0 saturated carbocycles. The first-order chi connectivity index (χ1) is 6.88. The Balaban J connectivity index is 3.46. The van der Waals surface area contributed by atoms with Crippen molar-refractivity contribution in [1.29, 1.82) is 0 Å². The molecule has 0 unspecified atom stereocenters. The Morgan fingerprint density at radius 3 is 2.53 bits per heavy atom. The van der Waals surface area contributed by atoms with Crippen LogP contribution in [0.25, 0.3) is 0 Å². The van der Waals surface area contributed by atoms with Crippen LogP contribution >= 0.6 is 0 Å². The van der Waals surface area contributed by atoms with Gasteiger partial charge in [-0.3, -0.25) is 4.98 Å². The second kappa shape index (κ2) is 3.88. The molecule has 0 bridgehead atoms. The second-order valence-corrected chi connectivity index (χ2v) is 2.83. The second-order valence-electron chi connectivity index (χ2n) is 2.83. The fourth-order valence-electron chi connectivity index (χ4n) is 1.24. The summed E-state index contributed by atoms with van der Waals surface area (Å²) in [5, 5.41) is 10.6. The zero-order chi connectivity index (χ0) is 11.6. The Hall–Kier alpha value is -1.59. The summed E-state index contributed by atoms with van der Waals surface area (Å²) >= 11 is 0. The smallest absolute Gasteiger partial charge is 0.434 e. The number of hydrogen-bond acceptors (Lipinski definition) is 3. The van der Waals surface area contributed by atoms with Gasteiger partial charge in [0, 0.05) is 11.8 Å². The predicted molar refractivity (Wildman–Crippen MR) is 42.9 cm³/mol. The van der Waals surface area contributed by atoms with E-state index in [0.29, 0.717) is 0 Å². The average molecular weight is 218 g/mol. The summed E-state index contributed by atoms with van der Waals surface area (Å²) in [7, 11) is 0. The van der Waals surface area contributed by atoms with Crippen molar-refractivity contribution in [3.8, 4) is 0 Å². The zero-order valence-corrected chi connectivity index (χ0v) is 7.76. The van der Waals surface area contributed by atoms with E-state index in [-0.39, 0.29) is 12.0 Å². The maximum Gasteiger partial charge on any atom is 0.434 e. The number of carbonyl (C=O) groups is 1. The highest BCUT2D eigenvalue weighted by atomic mass is 19.4. The van der Waals surface area contributed by atoms with Crippen LogP contribution in [0.4, 0.5) is 13.2 Å². The molecule has 0 atom stereocenters. The summed E-state index contributed by atoms with van der Waals surface area (Å²) in [5.41, 5.74) is -2.20. The first kappa shape index (κ1) is 11.5. The standard InChI is InChI=1S/C9H8F3NO2/c1-2-5-3-4-13-7(9(10,11)12)6(5)8(14)15/h3-4H,2H2,1H3,(H,14,15)/p-1. The van der Waals surface area contributed by atoms with Crippen molar-refractivity contribution in [1.82, 2.24) is 4.98 Å². The maximum atomic E-state index is 12.4. The summed E-state index contributed by atoms with van der Waals surface area (Å²) in [5.74, 6) is -1.85. The topological polar surface area (TPSA) is 53.0 Å². The average Bonchev–Trinajstić information content (AvgIpc) is 2.15. The lowest BCUT2D eigenvalue weighted by molar-refractivity contribution is -0.256. The van der Waals surface area contributed by atoms with Crippen LogP contribution in [0.2, 0.25) is 0 Å². The number of carboxylic acid groups (broad SMARTS) is 1. The van der Waals surface area contributed by atoms with Gasteiger partial charge in [0.25, 0.3) is 0 Å². The number of hydrogen-bond donors (Lipinski definition) is 0. The molecule has 0 fully saturated rings. The van der Waals surface area contributed by atoms with Crippen LogP contribution in [0.3, 0.4) is 0 Å². The van der Waals surface area contributed by atoms with Crippen LogP contribution in [0.15, 0.2) is 12.3 Å². The summed E-state index contributed by atoms with van der Waals surface area (Å²) in [6, 6.07) is 1.24. The molecule has 82 valence electrons. The van der Waals surface area contributed by atoms with Gasteiger partial charge in [0.15, 0.2) is 5.69 Å². The molecule has 0 aliphatic carbocycles. The third-order valence-corrected chi connectivity index (χ3v) is 1.89. The fourth-order valence-corrected chi connectivity index (χ4v) is 1.24. The fraction of sp³-hybridized carbons (Fsp3) is 0.333. The van der Waals surface area contributed by atoms with Crippen LogP contribution < -0.4 is 5.11 Å². The molecule has 6 heteroatoms. The quantitative estimate of drug-likeness (QED) is 0.744. The van der Waals surface area contributed by atoms with Crippen molar-refractivity contribution in [2.24, 2.45) is 0 Å². The molecule has 0 N–H and O–H groups in total. The number of halogens is 3. The number of nitrogens with zero attached hydrogens (tertiary/aromatic N) is 1. The van der Waals surface area contributed by atoms with Crippen LogP contribution in [-0.2, 0) is 12.6 Å². The number of aromatic nitrogens is 1. The van der Waals surface area contributed by atoms with Crippen LogP contribution in [-0.4, -0.2) is 11.0 Å². The van der Waals surface area contributed by atoms with E-state index >= 15 is 0 Å². The molecule has 1 rings (SSSR count). The van der Waals surface area contributed by atoms with E-state index in [0.717, 1.165) is 6.20 Å². The monoisotopic (exact) mass is 218 g/mol. The maximum absolute atomic E-state index is 12.4. The zero-order valence-electron chi connectivity index (χ0n) is 7.76. The number of aryl methyl sites for hydroxylation is 1. The largest absolute Gasteiger partial charge is 0.545 e. The molecule has 1 aromatic rings. The minimum atomic E-state index is -4.78. The van der Waals surface area contributed by atoms with E-state index in [4.69, 9.17) is 0 Å². The number of rotatable bonds is 2. The predicted octanol–water partition coefficient (Wildman–Crippen LogP) is 1.03. The minimum absolute atomic E-state index is 0.0670. The number of carboxylic acids is 1. The summed E-state index contributed by atoms with van der Waals surface area (Å²) in [6.07, 6.45) is -3.66. The van der Waals surface area contributed by atoms with Crippen LogP contribution in [0, 0.1) is 0 Å². The molecule has 0 aliphatic heterocycles. The summed E-state index contributed by atoms with van der Waals surface area (Å²) in [6.45, 7) is 1.56. The van der Waals surface area contributed by atoms with Gasteiger partial charge < -0.3 is 9.90 Å². The lowest BCUT2D eigenvalue weighted by Crippen LogP contribution is -2.28. The van der Waals surface area contributed by atoms with Gasteiger partial charge in [0.1, 0.15) is 0 Å². The Morgan fingerprint density at radius 1 is 1.53 bits per heavy atom. The molecular weight excluding hydrogens is 211 g/mol. The van der Waals surface area contributed by atoms with Gasteiger partial charge in [-0.1, -0.05) is 6.92 Å². The van der Waals surface area contributed by atoms with Crippen molar-refractivity contribution in [2.45, 2.75) is 19.5 Å². The third-order valence-electron chi connectivity index (χ3n) is 1.89. The van der Waals surface area contributed by atoms with Gasteiger partial charge in [-0.05, 0) is 18.1 Å². The first-order valence-electron chi connectivity index (χ1n) is 4.14. The van der Waals surface area contributed by atoms with E-state index in [1.54, 1.807) is 6.92 Å². The molecule has 0 aliphatic rings. The molecule has 0 amide bonds. The summed E-state index contributed by atoms with van der Waals surface area (Å²) < 4.78 is 37.1. The van der Waals surface area contributed by atoms with Crippen molar-refractivity contribution in [3.63, 3.8) is 0 Å². The Morgan fingerprint density at radius 2 is 2.13 bits per heavy atom. The van der Waals surface area contributed by atoms with Crippen molar-refractivity contribution in [3.05, 3.63) is 29.1 Å². The van der Waals surface area contributed by atoms with Gasteiger partial charge in [0.05, 0.1) is 5.97 Å². The van der Waals surface area contributed by atoms with Gasteiger partial charge >= 0.3 is 6.18 Å². The molecule has 0 radical (unpaired) electrons. The van der Waals surface area contributed by atoms with E-state index < -0.39 is 23.4 Å². The normalized spacial score (nSPS) is 11.5. The Labute approximate surface area is 83.6 Å². The Bertz CT molecular complexity index is 387. The molecular formula is C9H7F3NO2-. The van der Waals surface area contributed by atoms with E-state index in [9.17, 15) is 23.1 Å². The van der Waals surface area contributed by atoms with Gasteiger partial charge in [-0.2, -0.15) is 13.2 Å². The SMILES string of the molecule is CCc1ccnc(C(F)(F)F)c1C(=O)[O-]. The highest BCUT2D eigenvalue weighted by molar-refractivity contribution is 5.89. The molecule has 1 heterocycles. The van der Waals surface area contributed by atoms with Gasteiger partial charge in [-0.25, -0.2) is 0 Å². The van der Waals surface area contributed by atoms with E-state index in [1.165, 1.54) is 6.07 Å². The number of pyridine rings is 1. The van der Waals surface area contributed by atoms with Crippen LogP contribution in [0.1, 0.15) is 28.5 Å². The molecule has 3 nitrogen and oxygen atoms in total. The molecule has 15 heavy (non-hydrogen) atoms. The molecule has 0 saturated heterocycles. The highest BCUT2D eigenvalue weighted by Crippen LogP contribution is 2.31. The lowest BCUT2D eigenvalue weighted by atomic mass is 10.0. The Kier molecular flexibility index (Phi) is 2.97. The minimum Gasteiger partial charge on any atom is -0.545 e. The third kappa shape index (κ3) is 2.26. The number of aromatic carboxylic acids is 1. The van der Waals surface area contributed by atoms with Gasteiger partial charge in [-0.15, -0.1) is 0 Å². The van der Waals surface area contributed by atoms with Crippen molar-refractivity contribution < 1.29 is 23.1 Å². The lowest BCUT2D eigenvalue weighted by Gasteiger charge is -2.15. The van der Waals surface area contributed by atoms with E-state index in [1.807, 2.05) is 0 Å². The van der Waals surface area contributed by atoms with Crippen LogP contribution in [0.5, 0.6) is 0 Å². The van der Waals surface area contributed by atoms with Crippen molar-refractivity contribution in [2.75, 3.05) is 0 Å². The molecule has 1 aromatic heterocycles. The van der Waals surface area contributed by atoms with E-state index in [2.05, 4.69) is 4.98 Å². The number of carbonyl (C=O) groups excluding carboxylic acids is 1. The van der Waals surface area contributed by atoms with Crippen molar-refractivity contribution >= 4 is 5.97 Å². The molecule has 0 aromatic carbocycles. The highest BCUT2D eigenvalue weighted by Gasteiger charge is 2.36. The van der Waals surface area contributed by atoms with Gasteiger partial charge in [0.2, 0.25) is 0 Å². The summed E-state index contributed by atoms with van der Waals surface area (Å²) in [4.78, 5) is 13.6. The number of alkyl halides is 3. The first-order valence-corrected chi connectivity index (χ1v) is 4.14.